The lowest BCUT2D eigenvalue weighted by molar-refractivity contribution is 0.288. The Morgan fingerprint density at radius 1 is 0.944 bits per heavy atom. The molecule has 2 heteroatoms. The number of rotatable bonds is 10. The third kappa shape index (κ3) is 6.65. The molecule has 102 valence electrons. The highest BCUT2D eigenvalue weighted by atomic mass is 16.5. The summed E-state index contributed by atoms with van der Waals surface area (Å²) >= 11 is 0. The highest BCUT2D eigenvalue weighted by molar-refractivity contribution is 5.27. The van der Waals surface area contributed by atoms with E-state index >= 15 is 0 Å². The lowest BCUT2D eigenvalue weighted by atomic mass is 10.1. The molecule has 0 amide bonds. The van der Waals surface area contributed by atoms with Gasteiger partial charge in [-0.2, -0.15) is 0 Å². The van der Waals surface area contributed by atoms with Crippen LogP contribution in [0, 0.1) is 0 Å². The second-order valence-electron chi connectivity index (χ2n) is 4.73. The highest BCUT2D eigenvalue weighted by Gasteiger charge is 1.96. The van der Waals surface area contributed by atoms with Crippen LogP contribution < -0.4 is 4.74 Å². The molecule has 0 aliphatic heterocycles. The van der Waals surface area contributed by atoms with Crippen molar-refractivity contribution < 1.29 is 9.84 Å². The maximum absolute atomic E-state index is 8.76. The summed E-state index contributed by atoms with van der Waals surface area (Å²) in [5, 5.41) is 8.76. The molecule has 0 heterocycles. The Balaban J connectivity index is 2.14. The third-order valence-electron chi connectivity index (χ3n) is 3.06. The highest BCUT2D eigenvalue weighted by Crippen LogP contribution is 2.14. The van der Waals surface area contributed by atoms with Crippen LogP contribution in [0.5, 0.6) is 5.75 Å². The predicted molar refractivity (Wildman–Crippen MR) is 76.1 cm³/mol. The zero-order chi connectivity index (χ0) is 13.1. The van der Waals surface area contributed by atoms with E-state index in [0.717, 1.165) is 31.6 Å². The first-order valence-corrected chi connectivity index (χ1v) is 7.19. The Labute approximate surface area is 111 Å². The topological polar surface area (TPSA) is 29.5 Å². The van der Waals surface area contributed by atoms with Crippen molar-refractivity contribution in [3.05, 3.63) is 29.8 Å². The molecular weight excluding hydrogens is 224 g/mol. The average Bonchev–Trinajstić information content (AvgIpc) is 2.42. The van der Waals surface area contributed by atoms with E-state index in [1.165, 1.54) is 31.2 Å². The zero-order valence-electron chi connectivity index (χ0n) is 11.5. The summed E-state index contributed by atoms with van der Waals surface area (Å²) in [6, 6.07) is 8.22. The molecule has 1 aromatic rings. The summed E-state index contributed by atoms with van der Waals surface area (Å²) in [7, 11) is 0. The van der Waals surface area contributed by atoms with Crippen molar-refractivity contribution in [2.45, 2.75) is 51.9 Å². The first kappa shape index (κ1) is 15.0. The SMILES string of the molecule is CCCCCCCOc1ccc(CCCO)cc1. The van der Waals surface area contributed by atoms with Crippen LogP contribution in [0.4, 0.5) is 0 Å². The van der Waals surface area contributed by atoms with Gasteiger partial charge in [0.05, 0.1) is 6.61 Å². The van der Waals surface area contributed by atoms with E-state index in [4.69, 9.17) is 9.84 Å². The summed E-state index contributed by atoms with van der Waals surface area (Å²) in [5.41, 5.74) is 1.26. The number of aliphatic hydroxyl groups is 1. The number of ether oxygens (including phenoxy) is 1. The van der Waals surface area contributed by atoms with Gasteiger partial charge in [-0.05, 0) is 37.0 Å². The van der Waals surface area contributed by atoms with Crippen LogP contribution in [-0.4, -0.2) is 18.3 Å². The summed E-state index contributed by atoms with van der Waals surface area (Å²) in [5.74, 6) is 0.957. The molecule has 0 bridgehead atoms. The van der Waals surface area contributed by atoms with Gasteiger partial charge in [0.2, 0.25) is 0 Å². The van der Waals surface area contributed by atoms with Crippen molar-refractivity contribution in [2.75, 3.05) is 13.2 Å². The number of benzene rings is 1. The van der Waals surface area contributed by atoms with Crippen LogP contribution in [0.1, 0.15) is 51.0 Å². The van der Waals surface area contributed by atoms with E-state index < -0.39 is 0 Å². The van der Waals surface area contributed by atoms with Crippen molar-refractivity contribution in [3.63, 3.8) is 0 Å². The molecule has 18 heavy (non-hydrogen) atoms. The van der Waals surface area contributed by atoms with E-state index in [1.54, 1.807) is 0 Å². The van der Waals surface area contributed by atoms with Gasteiger partial charge < -0.3 is 9.84 Å². The van der Waals surface area contributed by atoms with Crippen LogP contribution in [-0.2, 0) is 6.42 Å². The first-order valence-electron chi connectivity index (χ1n) is 7.19. The van der Waals surface area contributed by atoms with Gasteiger partial charge in [0.15, 0.2) is 0 Å². The summed E-state index contributed by atoms with van der Waals surface area (Å²) in [6.45, 7) is 3.31. The van der Waals surface area contributed by atoms with Gasteiger partial charge in [0.25, 0.3) is 0 Å². The van der Waals surface area contributed by atoms with Gasteiger partial charge in [-0.1, -0.05) is 44.7 Å². The molecule has 0 radical (unpaired) electrons. The van der Waals surface area contributed by atoms with Crippen LogP contribution >= 0.6 is 0 Å². The Morgan fingerprint density at radius 2 is 1.67 bits per heavy atom. The van der Waals surface area contributed by atoms with Crippen LogP contribution in [0.15, 0.2) is 24.3 Å². The third-order valence-corrected chi connectivity index (χ3v) is 3.06. The Morgan fingerprint density at radius 3 is 2.33 bits per heavy atom. The maximum atomic E-state index is 8.76. The van der Waals surface area contributed by atoms with E-state index in [-0.39, 0.29) is 6.61 Å². The fourth-order valence-electron chi connectivity index (χ4n) is 1.93. The number of hydrogen-bond donors (Lipinski definition) is 1. The second-order valence-corrected chi connectivity index (χ2v) is 4.73. The fraction of sp³-hybridized carbons (Fsp3) is 0.625. The lowest BCUT2D eigenvalue weighted by Gasteiger charge is -2.07. The largest absolute Gasteiger partial charge is 0.494 e. The van der Waals surface area contributed by atoms with E-state index in [9.17, 15) is 0 Å². The Kier molecular flexibility index (Phi) is 8.32. The van der Waals surface area contributed by atoms with Crippen LogP contribution in [0.2, 0.25) is 0 Å². The first-order chi connectivity index (χ1) is 8.86. The molecule has 0 fully saturated rings. The van der Waals surface area contributed by atoms with Gasteiger partial charge >= 0.3 is 0 Å². The smallest absolute Gasteiger partial charge is 0.119 e. The number of hydrogen-bond acceptors (Lipinski definition) is 2. The standard InChI is InChI=1S/C16H26O2/c1-2-3-4-5-6-14-18-16-11-9-15(10-12-16)8-7-13-17/h9-12,17H,2-8,13-14H2,1H3. The second kappa shape index (κ2) is 9.95. The quantitative estimate of drug-likeness (QED) is 0.637. The number of aryl methyl sites for hydroxylation is 1. The minimum atomic E-state index is 0.260. The minimum Gasteiger partial charge on any atom is -0.494 e. The molecule has 1 N–H and O–H groups in total. The predicted octanol–water partition coefficient (Wildman–Crippen LogP) is 3.96. The normalized spacial score (nSPS) is 10.6. The van der Waals surface area contributed by atoms with Crippen LogP contribution in [0.3, 0.4) is 0 Å². The summed E-state index contributed by atoms with van der Waals surface area (Å²) in [4.78, 5) is 0. The molecule has 0 unspecified atom stereocenters. The van der Waals surface area contributed by atoms with Crippen molar-refractivity contribution in [2.24, 2.45) is 0 Å². The lowest BCUT2D eigenvalue weighted by Crippen LogP contribution is -1.97. The maximum Gasteiger partial charge on any atom is 0.119 e. The fourth-order valence-corrected chi connectivity index (χ4v) is 1.93. The van der Waals surface area contributed by atoms with E-state index in [1.807, 2.05) is 12.1 Å². The average molecular weight is 250 g/mol. The van der Waals surface area contributed by atoms with Crippen LogP contribution in [0.25, 0.3) is 0 Å². The monoisotopic (exact) mass is 250 g/mol. The molecule has 1 rings (SSSR count). The van der Waals surface area contributed by atoms with E-state index in [2.05, 4.69) is 19.1 Å². The molecular formula is C16H26O2. The molecule has 0 aliphatic carbocycles. The van der Waals surface area contributed by atoms with Gasteiger partial charge in [-0.25, -0.2) is 0 Å². The number of unbranched alkanes of at least 4 members (excludes halogenated alkanes) is 4. The van der Waals surface area contributed by atoms with Gasteiger partial charge in [0.1, 0.15) is 5.75 Å². The Hall–Kier alpha value is -1.02. The zero-order valence-corrected chi connectivity index (χ0v) is 11.5. The van der Waals surface area contributed by atoms with E-state index in [0.29, 0.717) is 0 Å². The number of aliphatic hydroxyl groups excluding tert-OH is 1. The van der Waals surface area contributed by atoms with Crippen molar-refractivity contribution in [3.8, 4) is 5.75 Å². The van der Waals surface area contributed by atoms with Gasteiger partial charge in [-0.3, -0.25) is 0 Å². The molecule has 0 aliphatic rings. The molecule has 1 aromatic carbocycles. The summed E-state index contributed by atoms with van der Waals surface area (Å²) in [6.07, 6.45) is 8.12. The summed E-state index contributed by atoms with van der Waals surface area (Å²) < 4.78 is 5.70. The van der Waals surface area contributed by atoms with Gasteiger partial charge in [0, 0.05) is 6.61 Å². The molecule has 0 saturated heterocycles. The molecule has 0 spiro atoms. The molecule has 0 aromatic heterocycles. The minimum absolute atomic E-state index is 0.260. The molecule has 0 saturated carbocycles. The Bertz CT molecular complexity index is 292. The molecule has 2 nitrogen and oxygen atoms in total. The van der Waals surface area contributed by atoms with Crippen molar-refractivity contribution in [1.82, 2.24) is 0 Å². The van der Waals surface area contributed by atoms with Crippen molar-refractivity contribution >= 4 is 0 Å². The van der Waals surface area contributed by atoms with Crippen molar-refractivity contribution in [1.29, 1.82) is 0 Å². The molecule has 0 atom stereocenters. The van der Waals surface area contributed by atoms with Gasteiger partial charge in [-0.15, -0.1) is 0 Å².